The summed E-state index contributed by atoms with van der Waals surface area (Å²) < 4.78 is 5.18. The van der Waals surface area contributed by atoms with Gasteiger partial charge in [-0.15, -0.1) is 0 Å². The number of nitrogens with zero attached hydrogens (tertiary/aromatic N) is 2. The number of aromatic carboxylic acids is 1. The van der Waals surface area contributed by atoms with E-state index in [1.54, 1.807) is 13.1 Å². The average Bonchev–Trinajstić information content (AvgIpc) is 2.47. The zero-order chi connectivity index (χ0) is 15.6. The first-order valence-corrected chi connectivity index (χ1v) is 6.38. The summed E-state index contributed by atoms with van der Waals surface area (Å²) in [6, 6.07) is 4.43. The van der Waals surface area contributed by atoms with Crippen LogP contribution in [0.4, 0.5) is 0 Å². The molecule has 0 saturated carbocycles. The van der Waals surface area contributed by atoms with E-state index in [1.165, 1.54) is 29.0 Å². The number of piperazine rings is 1. The lowest BCUT2D eigenvalue weighted by Gasteiger charge is -2.31. The van der Waals surface area contributed by atoms with Crippen LogP contribution < -0.4 is 4.74 Å². The molecule has 1 N–H and O–H groups in total. The smallest absolute Gasteiger partial charge is 0.335 e. The van der Waals surface area contributed by atoms with Crippen LogP contribution in [0.1, 0.15) is 15.9 Å². The minimum absolute atomic E-state index is 0.110. The van der Waals surface area contributed by atoms with E-state index in [0.29, 0.717) is 24.4 Å². The SMILES string of the molecule is COc1ccc(C(=O)O)cc1CN1CCN(C)C(=O)C1=O. The molecule has 2 rings (SSSR count). The number of hydrogen-bond donors (Lipinski definition) is 1. The van der Waals surface area contributed by atoms with Crippen molar-refractivity contribution in [3.8, 4) is 5.75 Å². The van der Waals surface area contributed by atoms with Crippen molar-refractivity contribution in [2.45, 2.75) is 6.54 Å². The number of carboxylic acid groups (broad SMARTS) is 1. The van der Waals surface area contributed by atoms with Crippen molar-refractivity contribution in [3.05, 3.63) is 29.3 Å². The first kappa shape index (κ1) is 14.8. The van der Waals surface area contributed by atoms with Crippen molar-refractivity contribution in [2.24, 2.45) is 0 Å². The van der Waals surface area contributed by atoms with Gasteiger partial charge in [0.25, 0.3) is 0 Å². The molecule has 1 aliphatic heterocycles. The molecule has 7 heteroatoms. The maximum absolute atomic E-state index is 11.9. The van der Waals surface area contributed by atoms with E-state index in [9.17, 15) is 14.4 Å². The molecule has 0 atom stereocenters. The Kier molecular flexibility index (Phi) is 4.11. The summed E-state index contributed by atoms with van der Waals surface area (Å²) in [5, 5.41) is 9.03. The topological polar surface area (TPSA) is 87.2 Å². The monoisotopic (exact) mass is 292 g/mol. The van der Waals surface area contributed by atoms with Gasteiger partial charge in [0.2, 0.25) is 0 Å². The lowest BCUT2D eigenvalue weighted by Crippen LogP contribution is -2.52. The van der Waals surface area contributed by atoms with Gasteiger partial charge >= 0.3 is 17.8 Å². The molecule has 0 aromatic heterocycles. The van der Waals surface area contributed by atoms with Crippen molar-refractivity contribution in [1.82, 2.24) is 9.80 Å². The lowest BCUT2D eigenvalue weighted by atomic mass is 10.1. The van der Waals surface area contributed by atoms with Crippen LogP contribution in [0.25, 0.3) is 0 Å². The fraction of sp³-hybridized carbons (Fsp3) is 0.357. The van der Waals surface area contributed by atoms with Crippen LogP contribution in [0.5, 0.6) is 5.75 Å². The molecule has 0 spiro atoms. The molecular formula is C14H16N2O5. The Hall–Kier alpha value is -2.57. The summed E-state index contributed by atoms with van der Waals surface area (Å²) >= 11 is 0. The normalized spacial score (nSPS) is 15.3. The van der Waals surface area contributed by atoms with E-state index in [2.05, 4.69) is 0 Å². The minimum atomic E-state index is -1.06. The zero-order valence-electron chi connectivity index (χ0n) is 11.8. The van der Waals surface area contributed by atoms with Crippen LogP contribution >= 0.6 is 0 Å². The molecular weight excluding hydrogens is 276 g/mol. The largest absolute Gasteiger partial charge is 0.496 e. The fourth-order valence-electron chi connectivity index (χ4n) is 2.16. The number of hydrogen-bond acceptors (Lipinski definition) is 4. The van der Waals surface area contributed by atoms with Gasteiger partial charge in [0.1, 0.15) is 5.75 Å². The molecule has 0 aliphatic carbocycles. The summed E-state index contributed by atoms with van der Waals surface area (Å²) in [6.45, 7) is 0.996. The van der Waals surface area contributed by atoms with Crippen LogP contribution in [0.2, 0.25) is 0 Å². The lowest BCUT2D eigenvalue weighted by molar-refractivity contribution is -0.155. The molecule has 0 radical (unpaired) electrons. The Morgan fingerprint density at radius 1 is 1.29 bits per heavy atom. The molecule has 7 nitrogen and oxygen atoms in total. The number of carboxylic acids is 1. The summed E-state index contributed by atoms with van der Waals surface area (Å²) in [5.41, 5.74) is 0.668. The highest BCUT2D eigenvalue weighted by molar-refractivity contribution is 6.35. The van der Waals surface area contributed by atoms with Gasteiger partial charge in [-0.1, -0.05) is 0 Å². The van der Waals surface area contributed by atoms with Gasteiger partial charge in [0.05, 0.1) is 12.7 Å². The third-order valence-corrected chi connectivity index (χ3v) is 3.41. The van der Waals surface area contributed by atoms with Gasteiger partial charge < -0.3 is 19.6 Å². The van der Waals surface area contributed by atoms with Crippen molar-refractivity contribution in [2.75, 3.05) is 27.2 Å². The Bertz CT molecular complexity index is 599. The van der Waals surface area contributed by atoms with Gasteiger partial charge in [-0.3, -0.25) is 9.59 Å². The maximum Gasteiger partial charge on any atom is 0.335 e. The molecule has 0 bridgehead atoms. The second-order valence-electron chi connectivity index (χ2n) is 4.79. The van der Waals surface area contributed by atoms with Crippen molar-refractivity contribution in [3.63, 3.8) is 0 Å². The fourth-order valence-corrected chi connectivity index (χ4v) is 2.16. The number of amides is 2. The van der Waals surface area contributed by atoms with E-state index < -0.39 is 17.8 Å². The van der Waals surface area contributed by atoms with E-state index in [4.69, 9.17) is 9.84 Å². The summed E-state index contributed by atoms with van der Waals surface area (Å²) in [5.74, 6) is -1.72. The Balaban J connectivity index is 2.26. The first-order valence-electron chi connectivity index (χ1n) is 6.38. The Morgan fingerprint density at radius 3 is 2.62 bits per heavy atom. The van der Waals surface area contributed by atoms with Crippen molar-refractivity contribution in [1.29, 1.82) is 0 Å². The Labute approximate surface area is 121 Å². The van der Waals surface area contributed by atoms with Gasteiger partial charge in [0, 0.05) is 32.2 Å². The molecule has 1 saturated heterocycles. The van der Waals surface area contributed by atoms with Gasteiger partial charge in [-0.2, -0.15) is 0 Å². The second kappa shape index (κ2) is 5.82. The highest BCUT2D eigenvalue weighted by Crippen LogP contribution is 2.22. The molecule has 112 valence electrons. The zero-order valence-corrected chi connectivity index (χ0v) is 11.8. The van der Waals surface area contributed by atoms with Crippen LogP contribution in [0.3, 0.4) is 0 Å². The number of carbonyl (C=O) groups is 3. The first-order chi connectivity index (χ1) is 9.93. The molecule has 1 aliphatic rings. The van der Waals surface area contributed by atoms with Crippen molar-refractivity contribution < 1.29 is 24.2 Å². The Morgan fingerprint density at radius 2 is 2.00 bits per heavy atom. The molecule has 1 fully saturated rings. The number of likely N-dealkylation sites (N-methyl/N-ethyl adjacent to an activating group) is 1. The van der Waals surface area contributed by atoms with Crippen molar-refractivity contribution >= 4 is 17.8 Å². The van der Waals surface area contributed by atoms with E-state index in [-0.39, 0.29) is 12.1 Å². The standard InChI is InChI=1S/C14H16N2O5/c1-15-5-6-16(13(18)12(15)17)8-10-7-9(14(19)20)3-4-11(10)21-2/h3-4,7H,5-6,8H2,1-2H3,(H,19,20). The minimum Gasteiger partial charge on any atom is -0.496 e. The van der Waals surface area contributed by atoms with Gasteiger partial charge in [-0.05, 0) is 18.2 Å². The van der Waals surface area contributed by atoms with E-state index >= 15 is 0 Å². The van der Waals surface area contributed by atoms with Gasteiger partial charge in [-0.25, -0.2) is 4.79 Å². The number of rotatable bonds is 4. The van der Waals surface area contributed by atoms with Gasteiger partial charge in [0.15, 0.2) is 0 Å². The molecule has 21 heavy (non-hydrogen) atoms. The third-order valence-electron chi connectivity index (χ3n) is 3.41. The van der Waals surface area contributed by atoms with Crippen LogP contribution in [-0.2, 0) is 16.1 Å². The number of methoxy groups -OCH3 is 1. The van der Waals surface area contributed by atoms with Crippen LogP contribution in [0.15, 0.2) is 18.2 Å². The summed E-state index contributed by atoms with van der Waals surface area (Å²) in [7, 11) is 3.04. The molecule has 2 amide bonds. The van der Waals surface area contributed by atoms with Crippen LogP contribution in [-0.4, -0.2) is 59.9 Å². The molecule has 1 heterocycles. The predicted octanol–water partition coefficient (Wildman–Crippen LogP) is 0.194. The maximum atomic E-state index is 11.9. The molecule has 1 aromatic carbocycles. The van der Waals surface area contributed by atoms with E-state index in [1.807, 2.05) is 0 Å². The average molecular weight is 292 g/mol. The third kappa shape index (κ3) is 2.96. The predicted molar refractivity (Wildman–Crippen MR) is 73.0 cm³/mol. The molecule has 0 unspecified atom stereocenters. The second-order valence-corrected chi connectivity index (χ2v) is 4.79. The quantitative estimate of drug-likeness (QED) is 0.801. The summed E-state index contributed by atoms with van der Waals surface area (Å²) in [6.07, 6.45) is 0. The number of carbonyl (C=O) groups excluding carboxylic acids is 2. The highest BCUT2D eigenvalue weighted by Gasteiger charge is 2.30. The number of benzene rings is 1. The van der Waals surface area contributed by atoms with Crippen LogP contribution in [0, 0.1) is 0 Å². The number of ether oxygens (including phenoxy) is 1. The highest BCUT2D eigenvalue weighted by atomic mass is 16.5. The summed E-state index contributed by atoms with van der Waals surface area (Å²) in [4.78, 5) is 37.4. The molecule has 1 aromatic rings. The van der Waals surface area contributed by atoms with E-state index in [0.717, 1.165) is 0 Å².